The van der Waals surface area contributed by atoms with Crippen molar-refractivity contribution in [2.24, 2.45) is 5.92 Å². The van der Waals surface area contributed by atoms with Crippen molar-refractivity contribution in [3.05, 3.63) is 60.4 Å². The molecule has 5 heteroatoms. The number of rotatable bonds is 4. The van der Waals surface area contributed by atoms with Gasteiger partial charge in [0.15, 0.2) is 0 Å². The van der Waals surface area contributed by atoms with Crippen molar-refractivity contribution in [1.82, 2.24) is 10.3 Å². The predicted molar refractivity (Wildman–Crippen MR) is 83.6 cm³/mol. The van der Waals surface area contributed by atoms with Gasteiger partial charge in [-0.3, -0.25) is 9.78 Å². The van der Waals surface area contributed by atoms with Crippen LogP contribution in [0.5, 0.6) is 0 Å². The van der Waals surface area contributed by atoms with Gasteiger partial charge in [0.1, 0.15) is 0 Å². The Morgan fingerprint density at radius 1 is 1.14 bits per heavy atom. The molecular formula is C17H17N3O2. The zero-order valence-electron chi connectivity index (χ0n) is 12.1. The van der Waals surface area contributed by atoms with Crippen molar-refractivity contribution >= 4 is 17.6 Å². The summed E-state index contributed by atoms with van der Waals surface area (Å²) in [5.74, 6) is 0.188. The van der Waals surface area contributed by atoms with Crippen LogP contribution in [0, 0.1) is 5.92 Å². The van der Waals surface area contributed by atoms with Gasteiger partial charge in [-0.25, -0.2) is 9.69 Å². The average Bonchev–Trinajstić information content (AvgIpc) is 3.39. The number of aromatic nitrogens is 1. The van der Waals surface area contributed by atoms with E-state index in [1.165, 1.54) is 6.20 Å². The van der Waals surface area contributed by atoms with Crippen LogP contribution in [0.4, 0.5) is 10.5 Å². The molecule has 1 aromatic carbocycles. The zero-order chi connectivity index (χ0) is 15.4. The summed E-state index contributed by atoms with van der Waals surface area (Å²) < 4.78 is 0. The van der Waals surface area contributed by atoms with Gasteiger partial charge in [0.25, 0.3) is 5.91 Å². The Labute approximate surface area is 129 Å². The first kappa shape index (κ1) is 14.3. The molecule has 0 bridgehead atoms. The van der Waals surface area contributed by atoms with Crippen molar-refractivity contribution in [3.8, 4) is 0 Å². The maximum absolute atomic E-state index is 12.7. The van der Waals surface area contributed by atoms with Gasteiger partial charge in [-0.15, -0.1) is 0 Å². The van der Waals surface area contributed by atoms with Crippen LogP contribution in [-0.4, -0.2) is 23.5 Å². The van der Waals surface area contributed by atoms with Gasteiger partial charge in [-0.05, 0) is 43.0 Å². The van der Waals surface area contributed by atoms with Crippen molar-refractivity contribution in [3.63, 3.8) is 0 Å². The van der Waals surface area contributed by atoms with E-state index >= 15 is 0 Å². The first-order valence-electron chi connectivity index (χ1n) is 7.33. The average molecular weight is 295 g/mol. The Kier molecular flexibility index (Phi) is 4.14. The largest absolute Gasteiger partial charge is 0.337 e. The van der Waals surface area contributed by atoms with E-state index in [-0.39, 0.29) is 5.91 Å². The van der Waals surface area contributed by atoms with Gasteiger partial charge < -0.3 is 5.32 Å². The highest BCUT2D eigenvalue weighted by molar-refractivity contribution is 6.20. The summed E-state index contributed by atoms with van der Waals surface area (Å²) in [4.78, 5) is 30.3. The van der Waals surface area contributed by atoms with Crippen molar-refractivity contribution < 1.29 is 9.59 Å². The van der Waals surface area contributed by atoms with Gasteiger partial charge in [0, 0.05) is 18.3 Å². The lowest BCUT2D eigenvalue weighted by molar-refractivity contribution is 0.0993. The van der Waals surface area contributed by atoms with Crippen molar-refractivity contribution in [1.29, 1.82) is 0 Å². The van der Waals surface area contributed by atoms with Crippen LogP contribution in [0.15, 0.2) is 54.9 Å². The maximum atomic E-state index is 12.7. The Balaban J connectivity index is 1.85. The number of urea groups is 1. The number of nitrogens with zero attached hydrogens (tertiary/aromatic N) is 2. The summed E-state index contributed by atoms with van der Waals surface area (Å²) in [6, 6.07) is 11.8. The molecule has 1 N–H and O–H groups in total. The molecule has 0 aliphatic heterocycles. The number of imide groups is 1. The van der Waals surface area contributed by atoms with E-state index in [1.807, 2.05) is 6.07 Å². The topological polar surface area (TPSA) is 62.3 Å². The number of carbonyl (C=O) groups is 2. The fourth-order valence-electron chi connectivity index (χ4n) is 2.16. The summed E-state index contributed by atoms with van der Waals surface area (Å²) in [5.41, 5.74) is 0.928. The van der Waals surface area contributed by atoms with E-state index in [2.05, 4.69) is 10.3 Å². The summed E-state index contributed by atoms with van der Waals surface area (Å²) in [7, 11) is 0. The molecular weight excluding hydrogens is 278 g/mol. The fourth-order valence-corrected chi connectivity index (χ4v) is 2.16. The highest BCUT2D eigenvalue weighted by Gasteiger charge is 2.27. The molecule has 5 nitrogen and oxygen atoms in total. The van der Waals surface area contributed by atoms with Crippen molar-refractivity contribution in [2.75, 3.05) is 11.4 Å². The van der Waals surface area contributed by atoms with Crippen LogP contribution in [0.1, 0.15) is 23.2 Å². The maximum Gasteiger partial charge on any atom is 0.329 e. The number of anilines is 1. The molecule has 112 valence electrons. The minimum absolute atomic E-state index is 0.359. The Hall–Kier alpha value is -2.69. The quantitative estimate of drug-likeness (QED) is 0.943. The zero-order valence-corrected chi connectivity index (χ0v) is 12.1. The summed E-state index contributed by atoms with van der Waals surface area (Å²) in [6.07, 6.45) is 5.40. The monoisotopic (exact) mass is 295 g/mol. The van der Waals surface area contributed by atoms with Crippen LogP contribution in [-0.2, 0) is 0 Å². The van der Waals surface area contributed by atoms with Crippen LogP contribution in [0.3, 0.4) is 0 Å². The second-order valence-electron chi connectivity index (χ2n) is 5.35. The first-order valence-corrected chi connectivity index (χ1v) is 7.33. The summed E-state index contributed by atoms with van der Waals surface area (Å²) >= 11 is 0. The van der Waals surface area contributed by atoms with Crippen LogP contribution in [0.25, 0.3) is 0 Å². The van der Waals surface area contributed by atoms with Gasteiger partial charge in [-0.1, -0.05) is 18.2 Å². The molecule has 0 radical (unpaired) electrons. The highest BCUT2D eigenvalue weighted by Crippen LogP contribution is 2.27. The fraction of sp³-hybridized carbons (Fsp3) is 0.235. The smallest absolute Gasteiger partial charge is 0.329 e. The third-order valence-corrected chi connectivity index (χ3v) is 3.57. The lowest BCUT2D eigenvalue weighted by Crippen LogP contribution is -2.44. The molecule has 1 aromatic heterocycles. The molecule has 1 heterocycles. The first-order chi connectivity index (χ1) is 10.8. The van der Waals surface area contributed by atoms with E-state index in [0.29, 0.717) is 23.7 Å². The van der Waals surface area contributed by atoms with E-state index in [0.717, 1.165) is 17.7 Å². The van der Waals surface area contributed by atoms with E-state index in [9.17, 15) is 9.59 Å². The van der Waals surface area contributed by atoms with Gasteiger partial charge in [0.2, 0.25) is 0 Å². The molecule has 22 heavy (non-hydrogen) atoms. The number of carbonyl (C=O) groups excluding carboxylic acids is 2. The van der Waals surface area contributed by atoms with Gasteiger partial charge >= 0.3 is 6.03 Å². The number of amides is 3. The van der Waals surface area contributed by atoms with Gasteiger partial charge in [-0.2, -0.15) is 0 Å². The lowest BCUT2D eigenvalue weighted by Gasteiger charge is -2.21. The SMILES string of the molecule is O=C(NCC1CC1)N(C(=O)c1ccccc1)c1cccnc1. The third kappa shape index (κ3) is 3.31. The second-order valence-corrected chi connectivity index (χ2v) is 5.35. The molecule has 3 rings (SSSR count). The third-order valence-electron chi connectivity index (χ3n) is 3.57. The van der Waals surface area contributed by atoms with Crippen molar-refractivity contribution in [2.45, 2.75) is 12.8 Å². The normalized spacial score (nSPS) is 13.5. The molecule has 1 aliphatic carbocycles. The van der Waals surface area contributed by atoms with E-state index in [1.54, 1.807) is 42.6 Å². The van der Waals surface area contributed by atoms with E-state index < -0.39 is 6.03 Å². The minimum atomic E-state index is -0.409. The number of nitrogens with one attached hydrogen (secondary N) is 1. The molecule has 0 spiro atoms. The molecule has 0 atom stereocenters. The Morgan fingerprint density at radius 2 is 1.91 bits per heavy atom. The summed E-state index contributed by atoms with van der Waals surface area (Å²) in [6.45, 7) is 0.609. The Morgan fingerprint density at radius 3 is 2.55 bits per heavy atom. The number of hydrogen-bond acceptors (Lipinski definition) is 3. The lowest BCUT2D eigenvalue weighted by atomic mass is 10.2. The minimum Gasteiger partial charge on any atom is -0.337 e. The molecule has 1 fully saturated rings. The molecule has 1 aliphatic rings. The molecule has 0 unspecified atom stereocenters. The van der Waals surface area contributed by atoms with Crippen LogP contribution >= 0.6 is 0 Å². The van der Waals surface area contributed by atoms with Crippen LogP contribution in [0.2, 0.25) is 0 Å². The van der Waals surface area contributed by atoms with E-state index in [4.69, 9.17) is 0 Å². The second kappa shape index (κ2) is 6.39. The Bertz CT molecular complexity index is 654. The highest BCUT2D eigenvalue weighted by atomic mass is 16.2. The van der Waals surface area contributed by atoms with Gasteiger partial charge in [0.05, 0.1) is 11.9 Å². The predicted octanol–water partition coefficient (Wildman–Crippen LogP) is 2.85. The molecule has 0 saturated heterocycles. The number of benzene rings is 1. The number of hydrogen-bond donors (Lipinski definition) is 1. The molecule has 3 amide bonds. The molecule has 2 aromatic rings. The summed E-state index contributed by atoms with van der Waals surface area (Å²) in [5, 5.41) is 2.83. The molecule has 1 saturated carbocycles. The van der Waals surface area contributed by atoms with Crippen LogP contribution < -0.4 is 10.2 Å². The number of pyridine rings is 1. The standard InChI is InChI=1S/C17H17N3O2/c21-16(14-5-2-1-3-6-14)20(15-7-4-10-18-12-15)17(22)19-11-13-8-9-13/h1-7,10,12-13H,8-9,11H2,(H,19,22).